The first-order valence-electron chi connectivity index (χ1n) is 9.90. The van der Waals surface area contributed by atoms with Crippen molar-refractivity contribution in [3.05, 3.63) is 83.4 Å². The van der Waals surface area contributed by atoms with E-state index in [0.717, 1.165) is 22.3 Å². The molecule has 0 saturated carbocycles. The minimum Gasteiger partial charge on any atom is -0.478 e. The molecule has 0 bridgehead atoms. The second-order valence-corrected chi connectivity index (χ2v) is 7.23. The molecule has 0 fully saturated rings. The monoisotopic (exact) mass is 426 g/mol. The number of imidazole rings is 1. The van der Waals surface area contributed by atoms with Gasteiger partial charge in [-0.25, -0.2) is 4.79 Å². The lowest BCUT2D eigenvalue weighted by Gasteiger charge is -2.12. The first kappa shape index (κ1) is 19.6. The Hall–Kier alpha value is -4.40. The molecule has 1 aromatic heterocycles. The quantitative estimate of drug-likeness (QED) is 0.451. The third kappa shape index (κ3) is 3.39. The number of carbonyl (C=O) groups is 1. The zero-order chi connectivity index (χ0) is 22.1. The van der Waals surface area contributed by atoms with E-state index < -0.39 is 12.1 Å². The molecular formula is C23H18N6O3. The molecule has 2 heterocycles. The van der Waals surface area contributed by atoms with Gasteiger partial charge in [0, 0.05) is 5.56 Å². The molecule has 0 radical (unpaired) electrons. The number of para-hydroxylation sites is 1. The van der Waals surface area contributed by atoms with Crippen molar-refractivity contribution in [2.24, 2.45) is 20.7 Å². The normalized spacial score (nSPS) is 13.2. The van der Waals surface area contributed by atoms with Crippen molar-refractivity contribution in [2.45, 2.75) is 12.7 Å². The molecule has 158 valence electrons. The number of aromatic carboxylic acids is 1. The molecule has 0 aliphatic carbocycles. The zero-order valence-corrected chi connectivity index (χ0v) is 17.1. The molecule has 1 aliphatic heterocycles. The van der Waals surface area contributed by atoms with E-state index in [1.54, 1.807) is 22.8 Å². The molecule has 9 heteroatoms. The fraction of sp³-hybridized carbons (Fsp3) is 0.130. The van der Waals surface area contributed by atoms with Gasteiger partial charge in [0.1, 0.15) is 0 Å². The Balaban J connectivity index is 1.51. The van der Waals surface area contributed by atoms with Crippen LogP contribution in [0.4, 0.5) is 0 Å². The summed E-state index contributed by atoms with van der Waals surface area (Å²) in [6.07, 6.45) is -0.429. The fourth-order valence-corrected chi connectivity index (χ4v) is 3.89. The lowest BCUT2D eigenvalue weighted by atomic mass is 9.97. The van der Waals surface area contributed by atoms with E-state index in [4.69, 9.17) is 4.74 Å². The van der Waals surface area contributed by atoms with Crippen LogP contribution in [0, 0.1) is 0 Å². The summed E-state index contributed by atoms with van der Waals surface area (Å²) in [4.78, 5) is 16.2. The van der Waals surface area contributed by atoms with Crippen LogP contribution in [0.1, 0.15) is 27.7 Å². The number of aromatic nitrogens is 2. The van der Waals surface area contributed by atoms with Crippen LogP contribution >= 0.6 is 0 Å². The van der Waals surface area contributed by atoms with E-state index in [9.17, 15) is 9.90 Å². The highest BCUT2D eigenvalue weighted by molar-refractivity contribution is 6.01. The third-order valence-corrected chi connectivity index (χ3v) is 5.35. The number of carboxylic acids is 1. The average Bonchev–Trinajstić information content (AvgIpc) is 3.48. The second kappa shape index (κ2) is 8.03. The van der Waals surface area contributed by atoms with Crippen LogP contribution in [0.25, 0.3) is 22.2 Å². The van der Waals surface area contributed by atoms with E-state index in [1.165, 1.54) is 7.11 Å². The summed E-state index contributed by atoms with van der Waals surface area (Å²) >= 11 is 0. The van der Waals surface area contributed by atoms with Gasteiger partial charge in [0.25, 0.3) is 6.01 Å². The van der Waals surface area contributed by atoms with Crippen LogP contribution in [-0.2, 0) is 6.54 Å². The zero-order valence-electron chi connectivity index (χ0n) is 17.1. The van der Waals surface area contributed by atoms with Crippen LogP contribution in [-0.4, -0.2) is 27.7 Å². The van der Waals surface area contributed by atoms with Crippen LogP contribution in [0.15, 0.2) is 87.4 Å². The summed E-state index contributed by atoms with van der Waals surface area (Å²) in [6, 6.07) is 21.3. The fourth-order valence-electron chi connectivity index (χ4n) is 3.89. The highest BCUT2D eigenvalue weighted by Gasteiger charge is 2.19. The molecule has 3 aromatic carbocycles. The first-order valence-corrected chi connectivity index (χ1v) is 9.90. The highest BCUT2D eigenvalue weighted by atomic mass is 16.5. The Labute approximate surface area is 182 Å². The number of nitrogens with zero attached hydrogens (tertiary/aromatic N) is 6. The minimum atomic E-state index is -1.01. The number of methoxy groups -OCH3 is 1. The molecule has 9 nitrogen and oxygen atoms in total. The van der Waals surface area contributed by atoms with Crippen molar-refractivity contribution < 1.29 is 14.6 Å². The van der Waals surface area contributed by atoms with Crippen molar-refractivity contribution >= 4 is 17.0 Å². The predicted molar refractivity (Wildman–Crippen MR) is 117 cm³/mol. The number of benzene rings is 3. The van der Waals surface area contributed by atoms with Gasteiger partial charge in [0.05, 0.1) is 30.3 Å². The summed E-state index contributed by atoms with van der Waals surface area (Å²) < 4.78 is 7.20. The second-order valence-electron chi connectivity index (χ2n) is 7.23. The number of carboxylic acid groups (broad SMARTS) is 1. The van der Waals surface area contributed by atoms with E-state index >= 15 is 0 Å². The van der Waals surface area contributed by atoms with Gasteiger partial charge in [-0.05, 0) is 39.3 Å². The van der Waals surface area contributed by atoms with Crippen LogP contribution in [0.3, 0.4) is 0 Å². The van der Waals surface area contributed by atoms with E-state index in [1.807, 2.05) is 48.5 Å². The van der Waals surface area contributed by atoms with Gasteiger partial charge in [0.2, 0.25) is 6.17 Å². The maximum atomic E-state index is 11.7. The molecule has 1 aliphatic rings. The van der Waals surface area contributed by atoms with Crippen molar-refractivity contribution in [2.75, 3.05) is 7.11 Å². The van der Waals surface area contributed by atoms with Gasteiger partial charge in [-0.1, -0.05) is 54.6 Å². The number of fused-ring (bicyclic) bond motifs is 1. The predicted octanol–water partition coefficient (Wildman–Crippen LogP) is 5.29. The standard InChI is InChI=1S/C23H18N6O3/c1-32-23-24-19-8-4-7-18(22(30)31)20(19)29(23)13-14-9-11-15(12-10-14)16-5-2-3-6-17(16)21-25-27-28-26-21/h2-12,21H,13H2,1H3,(H,30,31). The summed E-state index contributed by atoms with van der Waals surface area (Å²) in [7, 11) is 1.52. The summed E-state index contributed by atoms with van der Waals surface area (Å²) in [5.74, 6) is -1.01. The third-order valence-electron chi connectivity index (χ3n) is 5.35. The topological polar surface area (TPSA) is 114 Å². The largest absolute Gasteiger partial charge is 0.478 e. The number of hydrogen-bond acceptors (Lipinski definition) is 7. The number of rotatable bonds is 6. The van der Waals surface area contributed by atoms with Gasteiger partial charge in [-0.15, -0.1) is 10.2 Å². The van der Waals surface area contributed by atoms with Gasteiger partial charge < -0.3 is 9.84 Å². The lowest BCUT2D eigenvalue weighted by molar-refractivity contribution is 0.0698. The molecule has 0 amide bonds. The summed E-state index contributed by atoms with van der Waals surface area (Å²) in [5, 5.41) is 24.9. The van der Waals surface area contributed by atoms with Crippen LogP contribution in [0.5, 0.6) is 6.01 Å². The lowest BCUT2D eigenvalue weighted by Crippen LogP contribution is -2.06. The SMILES string of the molecule is COc1nc2cccc(C(=O)O)c2n1Cc1ccc(-c2ccccc2C2N=NN=N2)cc1. The molecule has 32 heavy (non-hydrogen) atoms. The van der Waals surface area contributed by atoms with Crippen LogP contribution < -0.4 is 4.74 Å². The molecular weight excluding hydrogens is 408 g/mol. The molecule has 5 rings (SSSR count). The minimum absolute atomic E-state index is 0.184. The van der Waals surface area contributed by atoms with Crippen molar-refractivity contribution in [1.82, 2.24) is 9.55 Å². The first-order chi connectivity index (χ1) is 15.7. The molecule has 0 atom stereocenters. The summed E-state index contributed by atoms with van der Waals surface area (Å²) in [6.45, 7) is 0.414. The van der Waals surface area contributed by atoms with Crippen molar-refractivity contribution in [3.8, 4) is 17.1 Å². The maximum absolute atomic E-state index is 11.7. The maximum Gasteiger partial charge on any atom is 0.337 e. The highest BCUT2D eigenvalue weighted by Crippen LogP contribution is 2.33. The Morgan fingerprint density at radius 2 is 1.75 bits per heavy atom. The van der Waals surface area contributed by atoms with Crippen molar-refractivity contribution in [3.63, 3.8) is 0 Å². The number of hydrogen-bond donors (Lipinski definition) is 1. The number of ether oxygens (including phenoxy) is 1. The smallest absolute Gasteiger partial charge is 0.337 e. The Bertz CT molecular complexity index is 1360. The average molecular weight is 426 g/mol. The molecule has 0 spiro atoms. The van der Waals surface area contributed by atoms with Crippen LogP contribution in [0.2, 0.25) is 0 Å². The van der Waals surface area contributed by atoms with Gasteiger partial charge in [-0.3, -0.25) is 4.57 Å². The van der Waals surface area contributed by atoms with Gasteiger partial charge in [0.15, 0.2) is 0 Å². The van der Waals surface area contributed by atoms with Gasteiger partial charge in [-0.2, -0.15) is 4.98 Å². The molecule has 4 aromatic rings. The molecule has 1 N–H and O–H groups in total. The summed E-state index contributed by atoms with van der Waals surface area (Å²) in [5.41, 5.74) is 5.21. The van der Waals surface area contributed by atoms with Crippen molar-refractivity contribution in [1.29, 1.82) is 0 Å². The molecule has 0 saturated heterocycles. The Morgan fingerprint density at radius 1 is 1.00 bits per heavy atom. The van der Waals surface area contributed by atoms with Gasteiger partial charge >= 0.3 is 5.97 Å². The Morgan fingerprint density at radius 3 is 2.47 bits per heavy atom. The van der Waals surface area contributed by atoms with E-state index in [-0.39, 0.29) is 5.56 Å². The van der Waals surface area contributed by atoms with E-state index in [0.29, 0.717) is 23.6 Å². The molecule has 0 unspecified atom stereocenters. The Kier molecular flexibility index (Phi) is 4.91. The van der Waals surface area contributed by atoms with E-state index in [2.05, 4.69) is 25.7 Å².